The Morgan fingerprint density at radius 3 is 2.65 bits per heavy atom. The second kappa shape index (κ2) is 6.91. The molecule has 0 aliphatic carbocycles. The van der Waals surface area contributed by atoms with Gasteiger partial charge in [0.1, 0.15) is 0 Å². The van der Waals surface area contributed by atoms with E-state index in [2.05, 4.69) is 10.6 Å². The third kappa shape index (κ3) is 3.59. The molecule has 122 valence electrons. The summed E-state index contributed by atoms with van der Waals surface area (Å²) in [5.41, 5.74) is 1.46. The summed E-state index contributed by atoms with van der Waals surface area (Å²) in [6, 6.07) is 7.34. The van der Waals surface area contributed by atoms with Crippen LogP contribution in [0.1, 0.15) is 31.2 Å². The molecule has 0 bridgehead atoms. The number of para-hydroxylation sites is 1. The predicted octanol–water partition coefficient (Wildman–Crippen LogP) is 1.27. The van der Waals surface area contributed by atoms with E-state index in [0.29, 0.717) is 12.2 Å². The summed E-state index contributed by atoms with van der Waals surface area (Å²) < 4.78 is 0. The van der Waals surface area contributed by atoms with Gasteiger partial charge in [-0.15, -0.1) is 0 Å². The number of nitrogens with zero attached hydrogens (tertiary/aromatic N) is 1. The lowest BCUT2D eigenvalue weighted by atomic mass is 9.98. The standard InChI is InChI=1S/C17H21N3O3/c21-15-7-8-16(22)20(15)11-13-4-1-2-6-14(13)19-17(23)12-5-3-9-18-10-12/h1-2,4,6,12,18H,3,5,7-11H2,(H,19,23). The number of amides is 3. The number of rotatable bonds is 4. The molecule has 1 atom stereocenters. The van der Waals surface area contributed by atoms with Crippen LogP contribution in [-0.2, 0) is 20.9 Å². The molecule has 0 saturated carbocycles. The third-order valence-electron chi connectivity index (χ3n) is 4.43. The molecule has 6 heteroatoms. The van der Waals surface area contributed by atoms with Crippen LogP contribution in [0, 0.1) is 5.92 Å². The molecule has 2 fully saturated rings. The Hall–Kier alpha value is -2.21. The van der Waals surface area contributed by atoms with Crippen molar-refractivity contribution < 1.29 is 14.4 Å². The molecule has 1 aromatic carbocycles. The Morgan fingerprint density at radius 2 is 1.96 bits per heavy atom. The first kappa shape index (κ1) is 15.7. The van der Waals surface area contributed by atoms with Gasteiger partial charge in [0.15, 0.2) is 0 Å². The Balaban J connectivity index is 1.71. The summed E-state index contributed by atoms with van der Waals surface area (Å²) in [7, 11) is 0. The average Bonchev–Trinajstić information content (AvgIpc) is 2.89. The minimum atomic E-state index is -0.146. The first-order valence-electron chi connectivity index (χ1n) is 8.08. The molecular weight excluding hydrogens is 294 g/mol. The molecule has 3 amide bonds. The van der Waals surface area contributed by atoms with Gasteiger partial charge in [-0.05, 0) is 31.0 Å². The highest BCUT2D eigenvalue weighted by molar-refractivity contribution is 6.02. The monoisotopic (exact) mass is 315 g/mol. The lowest BCUT2D eigenvalue weighted by Crippen LogP contribution is -2.37. The summed E-state index contributed by atoms with van der Waals surface area (Å²) in [5, 5.41) is 6.18. The second-order valence-electron chi connectivity index (χ2n) is 6.06. The summed E-state index contributed by atoms with van der Waals surface area (Å²) in [6.07, 6.45) is 2.43. The number of imide groups is 1. The molecule has 2 aliphatic rings. The van der Waals surface area contributed by atoms with Crippen LogP contribution in [0.2, 0.25) is 0 Å². The highest BCUT2D eigenvalue weighted by Crippen LogP contribution is 2.22. The Morgan fingerprint density at radius 1 is 1.22 bits per heavy atom. The van der Waals surface area contributed by atoms with E-state index in [0.717, 1.165) is 24.9 Å². The molecule has 1 aromatic rings. The van der Waals surface area contributed by atoms with Crippen molar-refractivity contribution in [1.82, 2.24) is 10.2 Å². The molecule has 2 heterocycles. The maximum absolute atomic E-state index is 12.4. The van der Waals surface area contributed by atoms with Crippen LogP contribution in [-0.4, -0.2) is 35.7 Å². The summed E-state index contributed by atoms with van der Waals surface area (Å²) >= 11 is 0. The van der Waals surface area contributed by atoms with Gasteiger partial charge in [-0.2, -0.15) is 0 Å². The van der Waals surface area contributed by atoms with Crippen molar-refractivity contribution >= 4 is 23.4 Å². The molecule has 2 aliphatic heterocycles. The van der Waals surface area contributed by atoms with Gasteiger partial charge >= 0.3 is 0 Å². The van der Waals surface area contributed by atoms with E-state index in [-0.39, 0.29) is 43.0 Å². The van der Waals surface area contributed by atoms with Crippen molar-refractivity contribution in [3.8, 4) is 0 Å². The van der Waals surface area contributed by atoms with E-state index >= 15 is 0 Å². The maximum atomic E-state index is 12.4. The van der Waals surface area contributed by atoms with E-state index in [1.165, 1.54) is 4.90 Å². The van der Waals surface area contributed by atoms with Crippen molar-refractivity contribution in [2.24, 2.45) is 5.92 Å². The van der Waals surface area contributed by atoms with Crippen LogP contribution in [0.3, 0.4) is 0 Å². The number of likely N-dealkylation sites (tertiary alicyclic amines) is 1. The van der Waals surface area contributed by atoms with Gasteiger partial charge in [0.2, 0.25) is 17.7 Å². The second-order valence-corrected chi connectivity index (χ2v) is 6.06. The molecule has 3 rings (SSSR count). The van der Waals surface area contributed by atoms with Gasteiger partial charge in [-0.25, -0.2) is 0 Å². The van der Waals surface area contributed by atoms with Crippen molar-refractivity contribution in [2.75, 3.05) is 18.4 Å². The van der Waals surface area contributed by atoms with Gasteiger partial charge in [0.05, 0.1) is 12.5 Å². The smallest absolute Gasteiger partial charge is 0.229 e. The van der Waals surface area contributed by atoms with Crippen molar-refractivity contribution in [2.45, 2.75) is 32.2 Å². The Labute approximate surface area is 135 Å². The number of carbonyl (C=O) groups excluding carboxylic acids is 3. The average molecular weight is 315 g/mol. The van der Waals surface area contributed by atoms with E-state index in [4.69, 9.17) is 0 Å². The zero-order valence-electron chi connectivity index (χ0n) is 13.0. The van der Waals surface area contributed by atoms with Gasteiger partial charge in [0.25, 0.3) is 0 Å². The van der Waals surface area contributed by atoms with Crippen LogP contribution in [0.4, 0.5) is 5.69 Å². The van der Waals surface area contributed by atoms with Crippen molar-refractivity contribution in [1.29, 1.82) is 0 Å². The number of carbonyl (C=O) groups is 3. The number of piperidine rings is 1. The fraction of sp³-hybridized carbons (Fsp3) is 0.471. The van der Waals surface area contributed by atoms with Gasteiger partial charge < -0.3 is 10.6 Å². The molecular formula is C17H21N3O3. The lowest BCUT2D eigenvalue weighted by molar-refractivity contribution is -0.139. The summed E-state index contributed by atoms with van der Waals surface area (Å²) in [6.45, 7) is 1.87. The zero-order chi connectivity index (χ0) is 16.2. The minimum absolute atomic E-state index is 0.0104. The molecule has 2 saturated heterocycles. The van der Waals surface area contributed by atoms with Crippen LogP contribution >= 0.6 is 0 Å². The number of benzene rings is 1. The van der Waals surface area contributed by atoms with Crippen molar-refractivity contribution in [3.63, 3.8) is 0 Å². The van der Waals surface area contributed by atoms with Crippen LogP contribution < -0.4 is 10.6 Å². The third-order valence-corrected chi connectivity index (χ3v) is 4.43. The molecule has 23 heavy (non-hydrogen) atoms. The summed E-state index contributed by atoms with van der Waals surface area (Å²) in [4.78, 5) is 37.2. The fourth-order valence-corrected chi connectivity index (χ4v) is 3.06. The number of anilines is 1. The normalized spacial score (nSPS) is 21.6. The SMILES string of the molecule is O=C(Nc1ccccc1CN1C(=O)CCC1=O)C1CCCNC1. The largest absolute Gasteiger partial charge is 0.325 e. The minimum Gasteiger partial charge on any atom is -0.325 e. The Kier molecular flexibility index (Phi) is 4.71. The first-order valence-corrected chi connectivity index (χ1v) is 8.08. The highest BCUT2D eigenvalue weighted by atomic mass is 16.2. The quantitative estimate of drug-likeness (QED) is 0.820. The molecule has 1 unspecified atom stereocenters. The zero-order valence-corrected chi connectivity index (χ0v) is 13.0. The summed E-state index contributed by atoms with van der Waals surface area (Å²) in [5.74, 6) is -0.337. The lowest BCUT2D eigenvalue weighted by Gasteiger charge is -2.23. The van der Waals surface area contributed by atoms with E-state index in [9.17, 15) is 14.4 Å². The van der Waals surface area contributed by atoms with E-state index < -0.39 is 0 Å². The molecule has 0 spiro atoms. The van der Waals surface area contributed by atoms with Crippen LogP contribution in [0.25, 0.3) is 0 Å². The number of hydrogen-bond donors (Lipinski definition) is 2. The topological polar surface area (TPSA) is 78.5 Å². The van der Waals surface area contributed by atoms with Gasteiger partial charge in [-0.3, -0.25) is 19.3 Å². The molecule has 0 aromatic heterocycles. The van der Waals surface area contributed by atoms with Crippen LogP contribution in [0.15, 0.2) is 24.3 Å². The molecule has 2 N–H and O–H groups in total. The fourth-order valence-electron chi connectivity index (χ4n) is 3.06. The van der Waals surface area contributed by atoms with Crippen molar-refractivity contribution in [3.05, 3.63) is 29.8 Å². The number of hydrogen-bond acceptors (Lipinski definition) is 4. The van der Waals surface area contributed by atoms with Gasteiger partial charge in [0, 0.05) is 25.1 Å². The molecule has 0 radical (unpaired) electrons. The highest BCUT2D eigenvalue weighted by Gasteiger charge is 2.29. The maximum Gasteiger partial charge on any atom is 0.229 e. The predicted molar refractivity (Wildman–Crippen MR) is 85.5 cm³/mol. The van der Waals surface area contributed by atoms with E-state index in [1.807, 2.05) is 24.3 Å². The molecule has 6 nitrogen and oxygen atoms in total. The first-order chi connectivity index (χ1) is 11.1. The Bertz CT molecular complexity index is 607. The van der Waals surface area contributed by atoms with E-state index in [1.54, 1.807) is 0 Å². The van der Waals surface area contributed by atoms with Gasteiger partial charge in [-0.1, -0.05) is 18.2 Å². The van der Waals surface area contributed by atoms with Crippen LogP contribution in [0.5, 0.6) is 0 Å². The number of nitrogens with one attached hydrogen (secondary N) is 2.